The molecule has 0 saturated carbocycles. The quantitative estimate of drug-likeness (QED) is 0.582. The Labute approximate surface area is 94.7 Å². The number of aromatic carboxylic acids is 2. The van der Waals surface area contributed by atoms with Gasteiger partial charge in [0.25, 0.3) is 0 Å². The molecule has 7 nitrogen and oxygen atoms in total. The molecule has 1 aromatic rings. The van der Waals surface area contributed by atoms with Crippen LogP contribution in [0.25, 0.3) is 0 Å². The standard InChI is InChI=1S/C10H7NO6/c12-8(4-11-17)6-2-1-5(9(13)14)3-7(6)10(15)16/h1-3H,4H2,(H,13,14)(H,15,16). The first kappa shape index (κ1) is 12.5. The van der Waals surface area contributed by atoms with E-state index in [0.717, 1.165) is 18.2 Å². The third-order valence-corrected chi connectivity index (χ3v) is 2.01. The molecule has 0 aliphatic carbocycles. The van der Waals surface area contributed by atoms with Gasteiger partial charge in [0, 0.05) is 5.56 Å². The topological polar surface area (TPSA) is 121 Å². The molecule has 1 aromatic carbocycles. The SMILES string of the molecule is O=NCC(=O)c1ccc(C(=O)O)cc1C(=O)O. The zero-order valence-corrected chi connectivity index (χ0v) is 8.41. The van der Waals surface area contributed by atoms with Gasteiger partial charge in [-0.15, -0.1) is 0 Å². The van der Waals surface area contributed by atoms with Crippen LogP contribution in [-0.2, 0) is 0 Å². The molecule has 17 heavy (non-hydrogen) atoms. The Morgan fingerprint density at radius 1 is 1.06 bits per heavy atom. The van der Waals surface area contributed by atoms with Gasteiger partial charge in [0.1, 0.15) is 6.54 Å². The van der Waals surface area contributed by atoms with Crippen LogP contribution in [-0.4, -0.2) is 34.5 Å². The smallest absolute Gasteiger partial charge is 0.336 e. The number of hydrogen-bond acceptors (Lipinski definition) is 5. The number of carbonyl (C=O) groups is 3. The minimum absolute atomic E-state index is 0.234. The fourth-order valence-corrected chi connectivity index (χ4v) is 1.24. The van der Waals surface area contributed by atoms with E-state index in [1.165, 1.54) is 0 Å². The molecule has 0 aromatic heterocycles. The summed E-state index contributed by atoms with van der Waals surface area (Å²) in [6.45, 7) is -0.688. The van der Waals surface area contributed by atoms with Gasteiger partial charge in [-0.25, -0.2) is 9.59 Å². The Balaban J connectivity index is 3.31. The lowest BCUT2D eigenvalue weighted by atomic mass is 10.0. The highest BCUT2D eigenvalue weighted by molar-refractivity contribution is 6.08. The van der Waals surface area contributed by atoms with E-state index in [9.17, 15) is 19.3 Å². The summed E-state index contributed by atoms with van der Waals surface area (Å²) >= 11 is 0. The third-order valence-electron chi connectivity index (χ3n) is 2.01. The number of hydrogen-bond donors (Lipinski definition) is 2. The molecule has 0 saturated heterocycles. The molecule has 1 rings (SSSR count). The highest BCUT2D eigenvalue weighted by Crippen LogP contribution is 2.13. The summed E-state index contributed by atoms with van der Waals surface area (Å²) in [5.74, 6) is -3.52. The van der Waals surface area contributed by atoms with E-state index in [1.54, 1.807) is 0 Å². The maximum atomic E-state index is 11.3. The zero-order chi connectivity index (χ0) is 13.0. The minimum atomic E-state index is -1.44. The van der Waals surface area contributed by atoms with Crippen molar-refractivity contribution >= 4 is 17.7 Å². The van der Waals surface area contributed by atoms with Crippen molar-refractivity contribution in [1.29, 1.82) is 0 Å². The highest BCUT2D eigenvalue weighted by atomic mass is 16.4. The molecule has 0 bridgehead atoms. The van der Waals surface area contributed by atoms with Crippen molar-refractivity contribution in [3.8, 4) is 0 Å². The van der Waals surface area contributed by atoms with Crippen LogP contribution in [0.5, 0.6) is 0 Å². The third kappa shape index (κ3) is 2.71. The van der Waals surface area contributed by atoms with Gasteiger partial charge in [-0.1, -0.05) is 5.18 Å². The molecule has 0 aliphatic heterocycles. The number of ketones is 1. The van der Waals surface area contributed by atoms with Gasteiger partial charge in [-0.05, 0) is 18.2 Å². The Morgan fingerprint density at radius 2 is 1.71 bits per heavy atom. The average Bonchev–Trinajstić information content (AvgIpc) is 2.28. The molecule has 88 valence electrons. The van der Waals surface area contributed by atoms with Crippen molar-refractivity contribution in [2.45, 2.75) is 0 Å². The molecule has 2 N–H and O–H groups in total. The molecular weight excluding hydrogens is 230 g/mol. The van der Waals surface area contributed by atoms with E-state index in [-0.39, 0.29) is 11.1 Å². The lowest BCUT2D eigenvalue weighted by Gasteiger charge is -2.04. The summed E-state index contributed by atoms with van der Waals surface area (Å²) in [5, 5.41) is 19.9. The fraction of sp³-hybridized carbons (Fsp3) is 0.100. The Kier molecular flexibility index (Phi) is 3.66. The molecule has 0 unspecified atom stereocenters. The van der Waals surface area contributed by atoms with Crippen LogP contribution in [0, 0.1) is 4.91 Å². The fourth-order valence-electron chi connectivity index (χ4n) is 1.24. The van der Waals surface area contributed by atoms with Crippen molar-refractivity contribution in [3.63, 3.8) is 0 Å². The summed E-state index contributed by atoms with van der Waals surface area (Å²) in [6, 6.07) is 3.01. The van der Waals surface area contributed by atoms with Gasteiger partial charge < -0.3 is 10.2 Å². The second kappa shape index (κ2) is 4.97. The zero-order valence-electron chi connectivity index (χ0n) is 8.41. The van der Waals surface area contributed by atoms with Crippen LogP contribution in [0.4, 0.5) is 0 Å². The Morgan fingerprint density at radius 3 is 2.18 bits per heavy atom. The molecule has 7 heteroatoms. The van der Waals surface area contributed by atoms with E-state index in [2.05, 4.69) is 5.18 Å². The minimum Gasteiger partial charge on any atom is -0.478 e. The monoisotopic (exact) mass is 237 g/mol. The number of Topliss-reactive ketones (excluding diaryl/α,β-unsaturated/α-hetero) is 1. The summed E-state index contributed by atoms with van der Waals surface area (Å²) in [6.07, 6.45) is 0. The molecule has 0 atom stereocenters. The number of carboxylic acid groups (broad SMARTS) is 2. The molecule has 0 fully saturated rings. The van der Waals surface area contributed by atoms with Crippen LogP contribution < -0.4 is 0 Å². The molecule has 0 aliphatic rings. The second-order valence-corrected chi connectivity index (χ2v) is 3.08. The molecule has 0 heterocycles. The van der Waals surface area contributed by atoms with Gasteiger partial charge in [0.05, 0.1) is 11.1 Å². The highest BCUT2D eigenvalue weighted by Gasteiger charge is 2.18. The molecule has 0 spiro atoms. The van der Waals surface area contributed by atoms with E-state index < -0.39 is 29.8 Å². The maximum absolute atomic E-state index is 11.3. The summed E-state index contributed by atoms with van der Waals surface area (Å²) < 4.78 is 0. The summed E-state index contributed by atoms with van der Waals surface area (Å²) in [4.78, 5) is 42.8. The number of carbonyl (C=O) groups excluding carboxylic acids is 1. The van der Waals surface area contributed by atoms with Gasteiger partial charge >= 0.3 is 11.9 Å². The maximum Gasteiger partial charge on any atom is 0.336 e. The summed E-state index contributed by atoms with van der Waals surface area (Å²) in [5.41, 5.74) is -0.946. The van der Waals surface area contributed by atoms with Crippen LogP contribution in [0.15, 0.2) is 23.4 Å². The van der Waals surface area contributed by atoms with Crippen molar-refractivity contribution in [3.05, 3.63) is 39.8 Å². The first-order valence-electron chi connectivity index (χ1n) is 4.40. The van der Waals surface area contributed by atoms with Crippen LogP contribution >= 0.6 is 0 Å². The number of benzene rings is 1. The number of rotatable bonds is 5. The van der Waals surface area contributed by atoms with E-state index >= 15 is 0 Å². The number of carboxylic acids is 2. The van der Waals surface area contributed by atoms with Crippen molar-refractivity contribution in [1.82, 2.24) is 0 Å². The predicted octanol–water partition coefficient (Wildman–Crippen LogP) is 1.03. The van der Waals surface area contributed by atoms with Gasteiger partial charge in [0.15, 0.2) is 5.78 Å². The van der Waals surface area contributed by atoms with Crippen molar-refractivity contribution in [2.24, 2.45) is 5.18 Å². The lowest BCUT2D eigenvalue weighted by molar-refractivity contribution is 0.0692. The van der Waals surface area contributed by atoms with E-state index in [1.807, 2.05) is 0 Å². The van der Waals surface area contributed by atoms with E-state index in [0.29, 0.717) is 0 Å². The van der Waals surface area contributed by atoms with Crippen LogP contribution in [0.3, 0.4) is 0 Å². The number of nitroso groups, excluding NO2 is 1. The Bertz CT molecular complexity index is 508. The lowest BCUT2D eigenvalue weighted by Crippen LogP contribution is -2.12. The van der Waals surface area contributed by atoms with Crippen molar-refractivity contribution in [2.75, 3.05) is 6.54 Å². The first-order chi connectivity index (χ1) is 7.97. The van der Waals surface area contributed by atoms with Crippen LogP contribution in [0.1, 0.15) is 31.1 Å². The number of nitrogens with zero attached hydrogens (tertiary/aromatic N) is 1. The van der Waals surface area contributed by atoms with Crippen LogP contribution in [0.2, 0.25) is 0 Å². The molecule has 0 amide bonds. The normalized spacial score (nSPS) is 9.65. The van der Waals surface area contributed by atoms with Gasteiger partial charge in [-0.2, -0.15) is 4.91 Å². The first-order valence-corrected chi connectivity index (χ1v) is 4.40. The predicted molar refractivity (Wildman–Crippen MR) is 55.4 cm³/mol. The van der Waals surface area contributed by atoms with Gasteiger partial charge in [0.2, 0.25) is 0 Å². The summed E-state index contributed by atoms with van der Waals surface area (Å²) in [7, 11) is 0. The molecule has 0 radical (unpaired) electrons. The average molecular weight is 237 g/mol. The Hall–Kier alpha value is -2.57. The van der Waals surface area contributed by atoms with Gasteiger partial charge in [-0.3, -0.25) is 4.79 Å². The second-order valence-electron chi connectivity index (χ2n) is 3.08. The van der Waals surface area contributed by atoms with Crippen molar-refractivity contribution < 1.29 is 24.6 Å². The molecular formula is C10H7NO6. The van der Waals surface area contributed by atoms with E-state index in [4.69, 9.17) is 10.2 Å². The largest absolute Gasteiger partial charge is 0.478 e.